The van der Waals surface area contributed by atoms with Crippen LogP contribution >= 0.6 is 11.3 Å². The summed E-state index contributed by atoms with van der Waals surface area (Å²) in [5.74, 6) is -0.328. The van der Waals surface area contributed by atoms with Gasteiger partial charge in [0.25, 0.3) is 5.91 Å². The van der Waals surface area contributed by atoms with E-state index >= 15 is 0 Å². The molecule has 0 aromatic carbocycles. The summed E-state index contributed by atoms with van der Waals surface area (Å²) in [6.07, 6.45) is 0.622. The standard InChI is InChI=1S/C17H19N3O5S/c1-9-12(19-16(25-9)13-4-3-7-26-13)8-14(21)24-10(2)15(22)20-17(23)18-11-5-6-11/h3-4,7,10-11H,5-6,8H2,1-2H3,(H2,18,20,22,23). The van der Waals surface area contributed by atoms with Gasteiger partial charge in [-0.3, -0.25) is 14.9 Å². The van der Waals surface area contributed by atoms with Gasteiger partial charge in [0, 0.05) is 6.04 Å². The minimum atomic E-state index is -1.09. The summed E-state index contributed by atoms with van der Waals surface area (Å²) in [5.41, 5.74) is 0.456. The maximum absolute atomic E-state index is 12.1. The third kappa shape index (κ3) is 4.69. The number of carbonyl (C=O) groups is 3. The normalized spacial score (nSPS) is 14.5. The molecule has 1 saturated carbocycles. The fourth-order valence-corrected chi connectivity index (χ4v) is 2.84. The second-order valence-corrected chi connectivity index (χ2v) is 6.99. The molecule has 0 bridgehead atoms. The van der Waals surface area contributed by atoms with Gasteiger partial charge >= 0.3 is 12.0 Å². The monoisotopic (exact) mass is 377 g/mol. The van der Waals surface area contributed by atoms with E-state index in [0.717, 1.165) is 17.7 Å². The van der Waals surface area contributed by atoms with Crippen molar-refractivity contribution in [3.05, 3.63) is 29.0 Å². The molecule has 8 nitrogen and oxygen atoms in total. The van der Waals surface area contributed by atoms with Crippen molar-refractivity contribution in [2.75, 3.05) is 0 Å². The van der Waals surface area contributed by atoms with Crippen LogP contribution in [0.3, 0.4) is 0 Å². The molecule has 1 atom stereocenters. The zero-order chi connectivity index (χ0) is 18.7. The van der Waals surface area contributed by atoms with E-state index in [9.17, 15) is 14.4 Å². The topological polar surface area (TPSA) is 111 Å². The maximum atomic E-state index is 12.1. The first kappa shape index (κ1) is 18.1. The summed E-state index contributed by atoms with van der Waals surface area (Å²) < 4.78 is 10.6. The number of aromatic nitrogens is 1. The number of nitrogens with one attached hydrogen (secondary N) is 2. The third-order valence-electron chi connectivity index (χ3n) is 3.76. The molecule has 3 amide bonds. The number of nitrogens with zero attached hydrogens (tertiary/aromatic N) is 1. The first-order valence-corrected chi connectivity index (χ1v) is 9.11. The minimum Gasteiger partial charge on any atom is -0.452 e. The third-order valence-corrected chi connectivity index (χ3v) is 4.62. The molecule has 2 N–H and O–H groups in total. The highest BCUT2D eigenvalue weighted by atomic mass is 32.1. The first-order chi connectivity index (χ1) is 12.4. The summed E-state index contributed by atoms with van der Waals surface area (Å²) in [4.78, 5) is 40.7. The van der Waals surface area contributed by atoms with Crippen LogP contribution in [0.5, 0.6) is 0 Å². The van der Waals surface area contributed by atoms with Gasteiger partial charge in [-0.1, -0.05) is 6.07 Å². The Hall–Kier alpha value is -2.68. The summed E-state index contributed by atoms with van der Waals surface area (Å²) in [6, 6.07) is 3.31. The zero-order valence-electron chi connectivity index (χ0n) is 14.4. The molecular formula is C17H19N3O5S. The van der Waals surface area contributed by atoms with Crippen LogP contribution in [0.4, 0.5) is 4.79 Å². The van der Waals surface area contributed by atoms with Crippen LogP contribution < -0.4 is 10.6 Å². The van der Waals surface area contributed by atoms with Crippen molar-refractivity contribution < 1.29 is 23.5 Å². The fraction of sp³-hybridized carbons (Fsp3) is 0.412. The number of aryl methyl sites for hydroxylation is 1. The van der Waals surface area contributed by atoms with Crippen molar-refractivity contribution in [2.24, 2.45) is 0 Å². The number of ether oxygens (including phenoxy) is 1. The molecule has 1 aliphatic carbocycles. The van der Waals surface area contributed by atoms with Crippen molar-refractivity contribution in [3.63, 3.8) is 0 Å². The molecule has 0 spiro atoms. The smallest absolute Gasteiger partial charge is 0.321 e. The van der Waals surface area contributed by atoms with Crippen molar-refractivity contribution in [3.8, 4) is 10.8 Å². The summed E-state index contributed by atoms with van der Waals surface area (Å²) in [5, 5.41) is 6.68. The van der Waals surface area contributed by atoms with Crippen LogP contribution in [0, 0.1) is 6.92 Å². The van der Waals surface area contributed by atoms with E-state index in [1.807, 2.05) is 17.5 Å². The van der Waals surface area contributed by atoms with E-state index in [4.69, 9.17) is 9.15 Å². The molecule has 1 aliphatic rings. The molecular weight excluding hydrogens is 358 g/mol. The molecule has 3 rings (SSSR count). The van der Waals surface area contributed by atoms with Crippen molar-refractivity contribution in [1.82, 2.24) is 15.6 Å². The number of amides is 3. The Morgan fingerprint density at radius 2 is 2.19 bits per heavy atom. The van der Waals surface area contributed by atoms with E-state index in [-0.39, 0.29) is 12.5 Å². The Morgan fingerprint density at radius 3 is 2.85 bits per heavy atom. The van der Waals surface area contributed by atoms with E-state index in [1.54, 1.807) is 6.92 Å². The summed E-state index contributed by atoms with van der Waals surface area (Å²) in [7, 11) is 0. The predicted molar refractivity (Wildman–Crippen MR) is 93.5 cm³/mol. The van der Waals surface area contributed by atoms with E-state index < -0.39 is 24.0 Å². The van der Waals surface area contributed by atoms with Gasteiger partial charge in [-0.25, -0.2) is 9.78 Å². The van der Waals surface area contributed by atoms with Gasteiger partial charge in [0.1, 0.15) is 5.76 Å². The lowest BCUT2D eigenvalue weighted by molar-refractivity contribution is -0.153. The largest absolute Gasteiger partial charge is 0.452 e. The van der Waals surface area contributed by atoms with Gasteiger partial charge in [-0.05, 0) is 38.1 Å². The number of oxazole rings is 1. The molecule has 26 heavy (non-hydrogen) atoms. The lowest BCUT2D eigenvalue weighted by Crippen LogP contribution is -2.45. The van der Waals surface area contributed by atoms with Crippen LogP contribution in [0.1, 0.15) is 31.2 Å². The second kappa shape index (κ2) is 7.69. The van der Waals surface area contributed by atoms with Crippen LogP contribution in [-0.2, 0) is 20.7 Å². The number of urea groups is 1. The molecule has 1 fully saturated rings. The quantitative estimate of drug-likeness (QED) is 0.747. The van der Waals surface area contributed by atoms with Crippen molar-refractivity contribution >= 4 is 29.2 Å². The molecule has 2 aromatic rings. The maximum Gasteiger partial charge on any atom is 0.321 e. The van der Waals surface area contributed by atoms with Gasteiger partial charge in [0.15, 0.2) is 6.10 Å². The number of imide groups is 1. The average molecular weight is 377 g/mol. The molecule has 138 valence electrons. The number of hydrogen-bond acceptors (Lipinski definition) is 7. The molecule has 0 aliphatic heterocycles. The number of thiophene rings is 1. The van der Waals surface area contributed by atoms with Crippen LogP contribution in [0.2, 0.25) is 0 Å². The highest BCUT2D eigenvalue weighted by Crippen LogP contribution is 2.26. The molecule has 9 heteroatoms. The zero-order valence-corrected chi connectivity index (χ0v) is 15.2. The lowest BCUT2D eigenvalue weighted by atomic mass is 10.2. The number of carbonyl (C=O) groups excluding carboxylic acids is 3. The van der Waals surface area contributed by atoms with Gasteiger partial charge < -0.3 is 14.5 Å². The Morgan fingerprint density at radius 1 is 1.42 bits per heavy atom. The average Bonchev–Trinajstić information content (AvgIpc) is 3.08. The van der Waals surface area contributed by atoms with Crippen LogP contribution in [0.15, 0.2) is 21.9 Å². The fourth-order valence-electron chi connectivity index (χ4n) is 2.19. The predicted octanol–water partition coefficient (Wildman–Crippen LogP) is 2.17. The van der Waals surface area contributed by atoms with Crippen LogP contribution in [-0.4, -0.2) is 35.0 Å². The van der Waals surface area contributed by atoms with Gasteiger partial charge in [-0.15, -0.1) is 11.3 Å². The van der Waals surface area contributed by atoms with Gasteiger partial charge in [0.05, 0.1) is 17.0 Å². The number of hydrogen-bond donors (Lipinski definition) is 2. The van der Waals surface area contributed by atoms with E-state index in [1.165, 1.54) is 18.3 Å². The number of rotatable bonds is 6. The van der Waals surface area contributed by atoms with Gasteiger partial charge in [0.2, 0.25) is 5.89 Å². The lowest BCUT2D eigenvalue weighted by Gasteiger charge is -2.12. The van der Waals surface area contributed by atoms with Gasteiger partial charge in [-0.2, -0.15) is 0 Å². The SMILES string of the molecule is Cc1oc(-c2cccs2)nc1CC(=O)OC(C)C(=O)NC(=O)NC1CC1. The van der Waals surface area contributed by atoms with Crippen molar-refractivity contribution in [1.29, 1.82) is 0 Å². The summed E-state index contributed by atoms with van der Waals surface area (Å²) in [6.45, 7) is 3.12. The second-order valence-electron chi connectivity index (χ2n) is 6.05. The highest BCUT2D eigenvalue weighted by Gasteiger charge is 2.26. The Kier molecular flexibility index (Phi) is 5.36. The highest BCUT2D eigenvalue weighted by molar-refractivity contribution is 7.13. The molecule has 2 heterocycles. The molecule has 1 unspecified atom stereocenters. The Balaban J connectivity index is 1.51. The first-order valence-electron chi connectivity index (χ1n) is 8.23. The molecule has 0 radical (unpaired) electrons. The summed E-state index contributed by atoms with van der Waals surface area (Å²) >= 11 is 1.48. The Bertz CT molecular complexity index is 810. The molecule has 0 saturated heterocycles. The Labute approximate surface area is 153 Å². The van der Waals surface area contributed by atoms with E-state index in [2.05, 4.69) is 15.6 Å². The van der Waals surface area contributed by atoms with Crippen molar-refractivity contribution in [2.45, 2.75) is 45.3 Å². The number of esters is 1. The van der Waals surface area contributed by atoms with E-state index in [0.29, 0.717) is 17.3 Å². The minimum absolute atomic E-state index is 0.118. The van der Waals surface area contributed by atoms with Crippen LogP contribution in [0.25, 0.3) is 10.8 Å². The molecule has 2 aromatic heterocycles.